The van der Waals surface area contributed by atoms with E-state index in [1.54, 1.807) is 0 Å². The Morgan fingerprint density at radius 2 is 0.438 bits per heavy atom. The van der Waals surface area contributed by atoms with Gasteiger partial charge in [-0.25, -0.2) is 9.13 Å². The van der Waals surface area contributed by atoms with Crippen molar-refractivity contribution in [3.63, 3.8) is 0 Å². The molecule has 0 aromatic rings. The molecule has 0 heterocycles. The van der Waals surface area contributed by atoms with Gasteiger partial charge in [0.1, 0.15) is 19.3 Å². The second-order valence-electron chi connectivity index (χ2n) is 31.4. The molecule has 0 amide bonds. The Morgan fingerprint density at radius 3 is 0.648 bits per heavy atom. The fourth-order valence-corrected chi connectivity index (χ4v) is 15.1. The van der Waals surface area contributed by atoms with Gasteiger partial charge >= 0.3 is 39.5 Å². The highest BCUT2D eigenvalue weighted by Crippen LogP contribution is 2.45. The van der Waals surface area contributed by atoms with Crippen molar-refractivity contribution in [3.8, 4) is 0 Å². The highest BCUT2D eigenvalue weighted by atomic mass is 31.2. The zero-order valence-electron chi connectivity index (χ0n) is 68.9. The van der Waals surface area contributed by atoms with Crippen LogP contribution in [0.3, 0.4) is 0 Å². The molecule has 0 aliphatic rings. The molecule has 0 saturated carbocycles. The first-order valence-corrected chi connectivity index (χ1v) is 47.6. The maximum atomic E-state index is 13.1. The molecule has 0 bridgehead atoms. The van der Waals surface area contributed by atoms with Gasteiger partial charge in [-0.3, -0.25) is 37.3 Å². The third kappa shape index (κ3) is 79.9. The molecule has 624 valence electrons. The normalized spacial score (nSPS) is 13.8. The van der Waals surface area contributed by atoms with E-state index >= 15 is 0 Å². The Balaban J connectivity index is 5.24. The molecule has 2 unspecified atom stereocenters. The summed E-state index contributed by atoms with van der Waals surface area (Å²) < 4.78 is 68.9. The predicted molar refractivity (Wildman–Crippen MR) is 432 cm³/mol. The molecule has 0 fully saturated rings. The van der Waals surface area contributed by atoms with Crippen molar-refractivity contribution in [2.45, 2.75) is 483 Å². The van der Waals surface area contributed by atoms with Gasteiger partial charge in [0, 0.05) is 25.7 Å². The van der Waals surface area contributed by atoms with Crippen molar-refractivity contribution < 1.29 is 80.2 Å². The number of hydrogen-bond acceptors (Lipinski definition) is 15. The highest BCUT2D eigenvalue weighted by molar-refractivity contribution is 7.47. The number of aliphatic hydroxyl groups excluding tert-OH is 1. The topological polar surface area (TPSA) is 237 Å². The Kier molecular flexibility index (Phi) is 77.3. The van der Waals surface area contributed by atoms with E-state index < -0.39 is 97.5 Å². The summed E-state index contributed by atoms with van der Waals surface area (Å²) in [4.78, 5) is 73.2. The van der Waals surface area contributed by atoms with E-state index in [4.69, 9.17) is 37.0 Å². The summed E-state index contributed by atoms with van der Waals surface area (Å²) in [5.74, 6) is -1.29. The first-order valence-electron chi connectivity index (χ1n) is 44.6. The average molecular weight is 1540 g/mol. The molecule has 0 rings (SSSR count). The molecule has 17 nitrogen and oxygen atoms in total. The van der Waals surface area contributed by atoms with Crippen LogP contribution in [0.15, 0.2) is 0 Å². The van der Waals surface area contributed by atoms with Gasteiger partial charge in [0.05, 0.1) is 26.4 Å². The average Bonchev–Trinajstić information content (AvgIpc) is 0.915. The lowest BCUT2D eigenvalue weighted by Gasteiger charge is -2.21. The van der Waals surface area contributed by atoms with Crippen LogP contribution in [0.5, 0.6) is 0 Å². The second kappa shape index (κ2) is 78.7. The molecule has 105 heavy (non-hydrogen) atoms. The molecule has 0 aromatic heterocycles. The molecule has 0 aliphatic carbocycles. The van der Waals surface area contributed by atoms with Gasteiger partial charge in [0.15, 0.2) is 12.2 Å². The van der Waals surface area contributed by atoms with Gasteiger partial charge in [-0.2, -0.15) is 0 Å². The lowest BCUT2D eigenvalue weighted by atomic mass is 10.0. The van der Waals surface area contributed by atoms with Gasteiger partial charge < -0.3 is 33.8 Å². The van der Waals surface area contributed by atoms with Crippen molar-refractivity contribution >= 4 is 39.5 Å². The van der Waals surface area contributed by atoms with Crippen molar-refractivity contribution in [1.82, 2.24) is 0 Å². The van der Waals surface area contributed by atoms with Crippen molar-refractivity contribution in [2.75, 3.05) is 39.6 Å². The van der Waals surface area contributed by atoms with E-state index in [0.717, 1.165) is 95.8 Å². The lowest BCUT2D eigenvalue weighted by Crippen LogP contribution is -2.30. The number of carbonyl (C=O) groups excluding carboxylic acids is 4. The van der Waals surface area contributed by atoms with Crippen LogP contribution in [0.25, 0.3) is 0 Å². The van der Waals surface area contributed by atoms with Crippen LogP contribution in [0.4, 0.5) is 0 Å². The fraction of sp³-hybridized carbons (Fsp3) is 0.953. The van der Waals surface area contributed by atoms with E-state index in [-0.39, 0.29) is 25.7 Å². The summed E-state index contributed by atoms with van der Waals surface area (Å²) in [6.45, 7) is 7.40. The Labute approximate surface area is 645 Å². The quantitative estimate of drug-likeness (QED) is 0.0222. The number of phosphoric acid groups is 2. The SMILES string of the molecule is CCCCCCCCCCCCCCCCCCCCCCC(=O)O[C@H](COC(=O)CCCCCCCCCCCCCCCCCC(C)C)COP(=O)(O)OC[C@@H](O)COP(=O)(O)OC[C@@H](COC(=O)CCCCCCCCCCCCC)OC(=O)CCCCCCCCCCCCCCCCCC. The van der Waals surface area contributed by atoms with Gasteiger partial charge in [0.25, 0.3) is 0 Å². The molecule has 0 saturated heterocycles. The summed E-state index contributed by atoms with van der Waals surface area (Å²) in [5.41, 5.74) is 0. The van der Waals surface area contributed by atoms with Crippen molar-refractivity contribution in [2.24, 2.45) is 5.92 Å². The molecular formula is C86H168O17P2. The number of ether oxygens (including phenoxy) is 4. The molecule has 0 aromatic carbocycles. The van der Waals surface area contributed by atoms with Gasteiger partial charge in [-0.15, -0.1) is 0 Å². The summed E-state index contributed by atoms with van der Waals surface area (Å²) in [6.07, 6.45) is 72.1. The number of phosphoric ester groups is 2. The summed E-state index contributed by atoms with van der Waals surface area (Å²) >= 11 is 0. The zero-order chi connectivity index (χ0) is 76.9. The minimum Gasteiger partial charge on any atom is -0.462 e. The third-order valence-electron chi connectivity index (χ3n) is 20.3. The number of hydrogen-bond donors (Lipinski definition) is 3. The first kappa shape index (κ1) is 103. The fourth-order valence-electron chi connectivity index (χ4n) is 13.5. The number of esters is 4. The zero-order valence-corrected chi connectivity index (χ0v) is 70.7. The molecule has 19 heteroatoms. The van der Waals surface area contributed by atoms with E-state index in [1.165, 1.54) is 289 Å². The van der Waals surface area contributed by atoms with Crippen LogP contribution in [0, 0.1) is 5.92 Å². The first-order chi connectivity index (χ1) is 51.0. The van der Waals surface area contributed by atoms with Crippen LogP contribution in [-0.2, 0) is 65.4 Å². The number of unbranched alkanes of at least 4 members (excludes halogenated alkanes) is 58. The maximum absolute atomic E-state index is 13.1. The Hall–Kier alpha value is -1.94. The second-order valence-corrected chi connectivity index (χ2v) is 34.3. The Morgan fingerprint density at radius 1 is 0.257 bits per heavy atom. The van der Waals surface area contributed by atoms with Crippen LogP contribution < -0.4 is 0 Å². The summed E-state index contributed by atoms with van der Waals surface area (Å²) in [5, 5.41) is 10.7. The lowest BCUT2D eigenvalue weighted by molar-refractivity contribution is -0.161. The largest absolute Gasteiger partial charge is 0.472 e. The van der Waals surface area contributed by atoms with Gasteiger partial charge in [-0.1, -0.05) is 413 Å². The van der Waals surface area contributed by atoms with Crippen molar-refractivity contribution in [1.29, 1.82) is 0 Å². The number of aliphatic hydroxyl groups is 1. The van der Waals surface area contributed by atoms with Crippen LogP contribution in [-0.4, -0.2) is 96.7 Å². The van der Waals surface area contributed by atoms with E-state index in [1.807, 2.05) is 0 Å². The van der Waals surface area contributed by atoms with Gasteiger partial charge in [0.2, 0.25) is 0 Å². The molecule has 3 N–H and O–H groups in total. The number of rotatable bonds is 86. The standard InChI is InChI=1S/C86H168O17P2/c1-6-9-12-15-18-21-24-26-28-30-31-32-33-37-42-47-52-57-62-67-72-86(91)103-82(76-97-84(89)70-65-60-55-50-45-40-38-34-35-39-44-48-53-58-63-68-79(4)5)78-101-105(94,95)99-74-80(87)73-98-104(92,93)100-77-81(75-96-83(88)69-64-59-54-49-43-23-20-17-14-11-8-3)102-85(90)71-66-61-56-51-46-41-36-29-27-25-22-19-16-13-10-7-2/h79-82,87H,6-78H2,1-5H3,(H,92,93)(H,94,95)/t80-,81+,82+/m0/s1. The maximum Gasteiger partial charge on any atom is 0.472 e. The monoisotopic (exact) mass is 1540 g/mol. The Bertz CT molecular complexity index is 2000. The predicted octanol–water partition coefficient (Wildman–Crippen LogP) is 26.4. The minimum absolute atomic E-state index is 0.109. The van der Waals surface area contributed by atoms with E-state index in [0.29, 0.717) is 25.7 Å². The van der Waals surface area contributed by atoms with Gasteiger partial charge in [-0.05, 0) is 31.6 Å². The summed E-state index contributed by atoms with van der Waals surface area (Å²) in [6, 6.07) is 0. The van der Waals surface area contributed by atoms with Crippen LogP contribution >= 0.6 is 15.6 Å². The molecular weight excluding hydrogens is 1370 g/mol. The molecule has 5 atom stereocenters. The molecule has 0 radical (unpaired) electrons. The summed E-state index contributed by atoms with van der Waals surface area (Å²) in [7, 11) is -9.93. The molecule has 0 aliphatic heterocycles. The highest BCUT2D eigenvalue weighted by Gasteiger charge is 2.30. The minimum atomic E-state index is -4.97. The van der Waals surface area contributed by atoms with Crippen molar-refractivity contribution in [3.05, 3.63) is 0 Å². The smallest absolute Gasteiger partial charge is 0.462 e. The van der Waals surface area contributed by atoms with Crippen LogP contribution in [0.1, 0.15) is 465 Å². The van der Waals surface area contributed by atoms with E-state index in [2.05, 4.69) is 34.6 Å². The third-order valence-corrected chi connectivity index (χ3v) is 22.2. The number of carbonyl (C=O) groups is 4. The molecule has 0 spiro atoms. The van der Waals surface area contributed by atoms with Crippen LogP contribution in [0.2, 0.25) is 0 Å². The van der Waals surface area contributed by atoms with E-state index in [9.17, 15) is 43.2 Å².